The molecule has 1 atom stereocenters. The first kappa shape index (κ1) is 16.3. The van der Waals surface area contributed by atoms with Gasteiger partial charge in [0, 0.05) is 17.1 Å². The van der Waals surface area contributed by atoms with Crippen LogP contribution in [0, 0.1) is 0 Å². The van der Waals surface area contributed by atoms with Gasteiger partial charge in [-0.25, -0.2) is 4.68 Å². The summed E-state index contributed by atoms with van der Waals surface area (Å²) in [5, 5.41) is 15.0. The first-order valence-corrected chi connectivity index (χ1v) is 9.66. The normalized spacial score (nSPS) is 15.4. The number of fused-ring (bicyclic) bond motifs is 1. The van der Waals surface area contributed by atoms with Crippen LogP contribution in [-0.4, -0.2) is 26.8 Å². The van der Waals surface area contributed by atoms with Crippen LogP contribution in [-0.2, 0) is 12.0 Å². The van der Waals surface area contributed by atoms with Gasteiger partial charge in [-0.3, -0.25) is 0 Å². The van der Waals surface area contributed by atoms with Gasteiger partial charge < -0.3 is 4.90 Å². The van der Waals surface area contributed by atoms with E-state index in [-0.39, 0.29) is 11.6 Å². The molecule has 0 amide bonds. The quantitative estimate of drug-likeness (QED) is 0.695. The standard InChI is InChI=1S/C19H23N5S/c1-4-19(2,3)24-18(20-21-22-24)17(16-10-7-13-25-16)23-12-11-14-8-5-6-9-15(14)23/h5-10,13,17H,4,11-12H2,1-3H3/t17-/m0/s1. The molecule has 6 heteroatoms. The molecule has 0 saturated heterocycles. The molecule has 0 N–H and O–H groups in total. The number of tetrazole rings is 1. The third-order valence-electron chi connectivity index (χ3n) is 5.22. The van der Waals surface area contributed by atoms with Gasteiger partial charge in [-0.2, -0.15) is 0 Å². The third kappa shape index (κ3) is 2.74. The average molecular weight is 353 g/mol. The van der Waals surface area contributed by atoms with Crippen molar-refractivity contribution < 1.29 is 0 Å². The highest BCUT2D eigenvalue weighted by Gasteiger charge is 2.35. The Kier molecular flexibility index (Phi) is 4.07. The van der Waals surface area contributed by atoms with E-state index < -0.39 is 0 Å². The molecule has 0 spiro atoms. The Morgan fingerprint density at radius 1 is 1.20 bits per heavy atom. The van der Waals surface area contributed by atoms with Crippen molar-refractivity contribution in [2.45, 2.75) is 45.2 Å². The second kappa shape index (κ2) is 6.26. The number of nitrogens with zero attached hydrogens (tertiary/aromatic N) is 5. The molecular weight excluding hydrogens is 330 g/mol. The predicted octanol–water partition coefficient (Wildman–Crippen LogP) is 4.03. The number of hydrogen-bond donors (Lipinski definition) is 0. The number of anilines is 1. The van der Waals surface area contributed by atoms with Gasteiger partial charge in [0.05, 0.1) is 5.54 Å². The molecule has 0 aliphatic carbocycles. The van der Waals surface area contributed by atoms with Gasteiger partial charge >= 0.3 is 0 Å². The summed E-state index contributed by atoms with van der Waals surface area (Å²) in [5.74, 6) is 0.922. The lowest BCUT2D eigenvalue weighted by atomic mass is 10.0. The fourth-order valence-electron chi connectivity index (χ4n) is 3.44. The van der Waals surface area contributed by atoms with Crippen LogP contribution in [0.5, 0.6) is 0 Å². The highest BCUT2D eigenvalue weighted by molar-refractivity contribution is 7.10. The minimum Gasteiger partial charge on any atom is -0.356 e. The van der Waals surface area contributed by atoms with Crippen molar-refractivity contribution in [2.75, 3.05) is 11.4 Å². The summed E-state index contributed by atoms with van der Waals surface area (Å²) in [5.41, 5.74) is 2.58. The van der Waals surface area contributed by atoms with Crippen molar-refractivity contribution in [3.63, 3.8) is 0 Å². The molecule has 1 aromatic carbocycles. The number of hydrogen-bond acceptors (Lipinski definition) is 5. The largest absolute Gasteiger partial charge is 0.356 e. The summed E-state index contributed by atoms with van der Waals surface area (Å²) in [6, 6.07) is 13.0. The minimum atomic E-state index is -0.117. The number of rotatable bonds is 5. The van der Waals surface area contributed by atoms with E-state index in [1.165, 1.54) is 16.1 Å². The van der Waals surface area contributed by atoms with E-state index in [4.69, 9.17) is 0 Å². The van der Waals surface area contributed by atoms with Crippen molar-refractivity contribution in [1.29, 1.82) is 0 Å². The minimum absolute atomic E-state index is 0.0458. The van der Waals surface area contributed by atoms with E-state index in [9.17, 15) is 0 Å². The Hall–Kier alpha value is -2.21. The summed E-state index contributed by atoms with van der Waals surface area (Å²) < 4.78 is 2.01. The van der Waals surface area contributed by atoms with Crippen molar-refractivity contribution in [3.8, 4) is 0 Å². The number of thiophene rings is 1. The second-order valence-electron chi connectivity index (χ2n) is 7.10. The first-order valence-electron chi connectivity index (χ1n) is 8.78. The lowest BCUT2D eigenvalue weighted by molar-refractivity contribution is 0.288. The Bertz CT molecular complexity index is 852. The van der Waals surface area contributed by atoms with Gasteiger partial charge in [-0.15, -0.1) is 16.4 Å². The zero-order valence-electron chi connectivity index (χ0n) is 14.9. The highest BCUT2D eigenvalue weighted by Crippen LogP contribution is 2.40. The number of aromatic nitrogens is 4. The second-order valence-corrected chi connectivity index (χ2v) is 8.08. The van der Waals surface area contributed by atoms with E-state index >= 15 is 0 Å². The third-order valence-corrected chi connectivity index (χ3v) is 6.15. The van der Waals surface area contributed by atoms with E-state index in [0.717, 1.165) is 25.2 Å². The molecule has 1 aliphatic heterocycles. The maximum absolute atomic E-state index is 4.47. The number of benzene rings is 1. The lowest BCUT2D eigenvalue weighted by Crippen LogP contribution is -2.35. The monoisotopic (exact) mass is 353 g/mol. The molecule has 3 aromatic rings. The Balaban J connectivity index is 1.84. The molecule has 4 rings (SSSR count). The molecular formula is C19H23N5S. The molecule has 0 bridgehead atoms. The zero-order chi connectivity index (χ0) is 17.4. The molecule has 0 saturated carbocycles. The van der Waals surface area contributed by atoms with Crippen LogP contribution < -0.4 is 4.90 Å². The molecule has 2 aromatic heterocycles. The summed E-state index contributed by atoms with van der Waals surface area (Å²) in [6.45, 7) is 7.55. The van der Waals surface area contributed by atoms with Gasteiger partial charge in [0.1, 0.15) is 6.04 Å². The van der Waals surface area contributed by atoms with Crippen LogP contribution in [0.25, 0.3) is 0 Å². The zero-order valence-corrected chi connectivity index (χ0v) is 15.7. The van der Waals surface area contributed by atoms with Crippen molar-refractivity contribution in [2.24, 2.45) is 0 Å². The average Bonchev–Trinajstić information content (AvgIpc) is 3.37. The molecule has 0 radical (unpaired) electrons. The summed E-state index contributed by atoms with van der Waals surface area (Å²) >= 11 is 1.77. The molecule has 5 nitrogen and oxygen atoms in total. The van der Waals surface area contributed by atoms with Crippen LogP contribution in [0.3, 0.4) is 0 Å². The molecule has 0 fully saturated rings. The molecule has 130 valence electrons. The lowest BCUT2D eigenvalue weighted by Gasteiger charge is -2.32. The fourth-order valence-corrected chi connectivity index (χ4v) is 4.28. The SMILES string of the molecule is CCC(C)(C)n1nnnc1[C@H](c1cccs1)N1CCc2ccccc21. The maximum Gasteiger partial charge on any atom is 0.179 e. The van der Waals surface area contributed by atoms with Gasteiger partial charge in [-0.1, -0.05) is 31.2 Å². The Morgan fingerprint density at radius 3 is 2.80 bits per heavy atom. The highest BCUT2D eigenvalue weighted by atomic mass is 32.1. The van der Waals surface area contributed by atoms with Gasteiger partial charge in [0.15, 0.2) is 5.82 Å². The number of para-hydroxylation sites is 1. The van der Waals surface area contributed by atoms with Crippen LogP contribution >= 0.6 is 11.3 Å². The molecule has 0 unspecified atom stereocenters. The summed E-state index contributed by atoms with van der Waals surface area (Å²) in [7, 11) is 0. The van der Waals surface area contributed by atoms with Crippen molar-refractivity contribution in [3.05, 3.63) is 58.0 Å². The topological polar surface area (TPSA) is 46.8 Å². The van der Waals surface area contributed by atoms with Crippen LogP contribution in [0.15, 0.2) is 41.8 Å². The van der Waals surface area contributed by atoms with Crippen molar-refractivity contribution >= 4 is 17.0 Å². The molecule has 3 heterocycles. The van der Waals surface area contributed by atoms with Crippen LogP contribution in [0.2, 0.25) is 0 Å². The summed E-state index contributed by atoms with van der Waals surface area (Å²) in [6.07, 6.45) is 2.04. The van der Waals surface area contributed by atoms with Crippen molar-refractivity contribution in [1.82, 2.24) is 20.2 Å². The smallest absolute Gasteiger partial charge is 0.179 e. The first-order chi connectivity index (χ1) is 12.1. The Labute approximate surface area is 152 Å². The van der Waals surface area contributed by atoms with Gasteiger partial charge in [0.2, 0.25) is 0 Å². The van der Waals surface area contributed by atoms with E-state index in [0.29, 0.717) is 0 Å². The van der Waals surface area contributed by atoms with E-state index in [2.05, 4.69) is 83.0 Å². The predicted molar refractivity (Wildman–Crippen MR) is 101 cm³/mol. The van der Waals surface area contributed by atoms with Crippen LogP contribution in [0.4, 0.5) is 5.69 Å². The van der Waals surface area contributed by atoms with Gasteiger partial charge in [-0.05, 0) is 60.2 Å². The van der Waals surface area contributed by atoms with Gasteiger partial charge in [0.25, 0.3) is 0 Å². The summed E-state index contributed by atoms with van der Waals surface area (Å²) in [4.78, 5) is 3.73. The fraction of sp³-hybridized carbons (Fsp3) is 0.421. The molecule has 1 aliphatic rings. The van der Waals surface area contributed by atoms with Crippen LogP contribution in [0.1, 0.15) is 49.5 Å². The van der Waals surface area contributed by atoms with E-state index in [1.54, 1.807) is 11.3 Å². The van der Waals surface area contributed by atoms with E-state index in [1.807, 2.05) is 4.68 Å². The maximum atomic E-state index is 4.47. The Morgan fingerprint density at radius 2 is 2.04 bits per heavy atom. The molecule has 25 heavy (non-hydrogen) atoms.